The summed E-state index contributed by atoms with van der Waals surface area (Å²) in [7, 11) is -1.86. The fourth-order valence-corrected chi connectivity index (χ4v) is 3.04. The number of sulfonamides is 1. The Hall–Kier alpha value is -2.88. The van der Waals surface area contributed by atoms with Gasteiger partial charge in [-0.3, -0.25) is 0 Å². The van der Waals surface area contributed by atoms with Gasteiger partial charge in [0, 0.05) is 48.7 Å². The zero-order valence-electron chi connectivity index (χ0n) is 21.0. The van der Waals surface area contributed by atoms with E-state index in [0.29, 0.717) is 30.0 Å². The van der Waals surface area contributed by atoms with Crippen molar-refractivity contribution in [2.24, 2.45) is 5.73 Å². The summed E-state index contributed by atoms with van der Waals surface area (Å²) in [6.45, 7) is 4.31. The van der Waals surface area contributed by atoms with Crippen molar-refractivity contribution in [2.45, 2.75) is 26.9 Å². The Kier molecular flexibility index (Phi) is 13.0. The highest BCUT2D eigenvalue weighted by atomic mass is 35.7. The van der Waals surface area contributed by atoms with Crippen molar-refractivity contribution in [1.29, 1.82) is 0 Å². The molecule has 0 bridgehead atoms. The number of hydrogen-bond acceptors (Lipinski definition) is 11. The predicted octanol–water partition coefficient (Wildman–Crippen LogP) is 3.20. The number of nitrogens with one attached hydrogen (secondary N) is 1. The molecular formula is C22H28Cl2N6O6S2. The van der Waals surface area contributed by atoms with E-state index in [1.54, 1.807) is 13.8 Å². The van der Waals surface area contributed by atoms with E-state index < -0.39 is 19.1 Å². The normalized spacial score (nSPS) is 10.9. The fraction of sp³-hybridized carbons (Fsp3) is 0.273. The molecule has 3 N–H and O–H groups in total. The molecular weight excluding hydrogens is 579 g/mol. The second kappa shape index (κ2) is 14.9. The third kappa shape index (κ3) is 13.1. The molecule has 0 aliphatic rings. The van der Waals surface area contributed by atoms with E-state index in [0.717, 1.165) is 34.8 Å². The van der Waals surface area contributed by atoms with Crippen LogP contribution >= 0.6 is 23.1 Å². The molecule has 0 spiro atoms. The van der Waals surface area contributed by atoms with Crippen LogP contribution in [0.1, 0.15) is 22.9 Å². The van der Waals surface area contributed by atoms with Crippen LogP contribution in [0.4, 0.5) is 0 Å². The van der Waals surface area contributed by atoms with Crippen LogP contribution in [-0.4, -0.2) is 49.6 Å². The van der Waals surface area contributed by atoms with Gasteiger partial charge >= 0.3 is 0 Å². The molecule has 2 aromatic carbocycles. The van der Waals surface area contributed by atoms with Crippen molar-refractivity contribution in [3.63, 3.8) is 0 Å². The minimum atomic E-state index is -3.19. The maximum atomic E-state index is 11.0. The number of rotatable bonds is 6. The molecule has 208 valence electrons. The quantitative estimate of drug-likeness (QED) is 0.307. The number of halogens is 2. The van der Waals surface area contributed by atoms with Gasteiger partial charge in [-0.15, -0.1) is 12.4 Å². The maximum Gasteiger partial charge on any atom is 0.229 e. The monoisotopic (exact) mass is 606 g/mol. The third-order valence-corrected chi connectivity index (χ3v) is 4.92. The number of nitrogens with two attached hydrogens (primary N) is 1. The highest BCUT2D eigenvalue weighted by Crippen LogP contribution is 2.17. The first-order valence-electron chi connectivity index (χ1n) is 10.6. The van der Waals surface area contributed by atoms with Crippen molar-refractivity contribution in [1.82, 2.24) is 25.0 Å². The number of aryl methyl sites for hydroxylation is 2. The van der Waals surface area contributed by atoms with Crippen LogP contribution < -0.4 is 10.5 Å². The fourth-order valence-electron chi connectivity index (χ4n) is 2.61. The van der Waals surface area contributed by atoms with Gasteiger partial charge in [-0.05, 0) is 11.1 Å². The topological polar surface area (TPSA) is 184 Å². The lowest BCUT2D eigenvalue weighted by Gasteiger charge is -2.02. The van der Waals surface area contributed by atoms with Crippen molar-refractivity contribution in [3.8, 4) is 22.8 Å². The van der Waals surface area contributed by atoms with Gasteiger partial charge in [0.25, 0.3) is 0 Å². The van der Waals surface area contributed by atoms with Gasteiger partial charge in [-0.25, -0.2) is 21.6 Å². The number of aromatic nitrogens is 4. The van der Waals surface area contributed by atoms with E-state index >= 15 is 0 Å². The summed E-state index contributed by atoms with van der Waals surface area (Å²) in [4.78, 5) is 8.23. The molecule has 0 aliphatic heterocycles. The van der Waals surface area contributed by atoms with Crippen LogP contribution in [0.3, 0.4) is 0 Å². The van der Waals surface area contributed by atoms with E-state index in [2.05, 4.69) is 35.7 Å². The van der Waals surface area contributed by atoms with E-state index in [-0.39, 0.29) is 19.0 Å². The highest BCUT2D eigenvalue weighted by Gasteiger charge is 2.06. The molecule has 0 amide bonds. The van der Waals surface area contributed by atoms with Crippen molar-refractivity contribution in [2.75, 3.05) is 12.5 Å². The molecule has 2 heterocycles. The van der Waals surface area contributed by atoms with E-state index in [1.165, 1.54) is 0 Å². The minimum absolute atomic E-state index is 0. The molecule has 0 fully saturated rings. The van der Waals surface area contributed by atoms with Crippen molar-refractivity contribution < 1.29 is 25.9 Å². The predicted molar refractivity (Wildman–Crippen MR) is 146 cm³/mol. The molecule has 12 nitrogen and oxygen atoms in total. The first-order chi connectivity index (χ1) is 17.2. The Morgan fingerprint density at radius 3 is 1.45 bits per heavy atom. The van der Waals surface area contributed by atoms with Gasteiger partial charge in [-0.1, -0.05) is 58.8 Å². The number of hydrogen-bond donors (Lipinski definition) is 2. The smallest absolute Gasteiger partial charge is 0.229 e. The van der Waals surface area contributed by atoms with Gasteiger partial charge in [0.05, 0.1) is 12.5 Å². The average Bonchev–Trinajstić information content (AvgIpc) is 3.45. The van der Waals surface area contributed by atoms with Crippen molar-refractivity contribution >= 4 is 42.2 Å². The zero-order valence-corrected chi connectivity index (χ0v) is 24.2. The Morgan fingerprint density at radius 1 is 0.789 bits per heavy atom. The average molecular weight is 608 g/mol. The van der Waals surface area contributed by atoms with E-state index in [4.69, 9.17) is 14.8 Å². The summed E-state index contributed by atoms with van der Waals surface area (Å²) in [6, 6.07) is 15.1. The van der Waals surface area contributed by atoms with Gasteiger partial charge in [0.15, 0.2) is 0 Å². The number of nitrogens with zero attached hydrogens (tertiary/aromatic N) is 4. The molecule has 4 rings (SSSR count). The number of benzene rings is 2. The van der Waals surface area contributed by atoms with Crippen LogP contribution in [0.15, 0.2) is 57.6 Å². The summed E-state index contributed by atoms with van der Waals surface area (Å²) >= 11 is 0. The molecule has 16 heteroatoms. The Morgan fingerprint density at radius 2 is 1.16 bits per heavy atom. The lowest BCUT2D eigenvalue weighted by molar-refractivity contribution is 0.394. The van der Waals surface area contributed by atoms with Crippen LogP contribution in [0.25, 0.3) is 22.8 Å². The van der Waals surface area contributed by atoms with Gasteiger partial charge in [0.1, 0.15) is 0 Å². The summed E-state index contributed by atoms with van der Waals surface area (Å²) < 4.78 is 52.9. The summed E-state index contributed by atoms with van der Waals surface area (Å²) in [6.07, 6.45) is 2.05. The first kappa shape index (κ1) is 33.1. The lowest BCUT2D eigenvalue weighted by atomic mass is 10.1. The van der Waals surface area contributed by atoms with Crippen molar-refractivity contribution in [3.05, 3.63) is 71.4 Å². The zero-order chi connectivity index (χ0) is 27.6. The molecule has 0 aliphatic carbocycles. The second-order valence-electron chi connectivity index (χ2n) is 7.65. The molecule has 4 aromatic rings. The molecule has 0 unspecified atom stereocenters. The van der Waals surface area contributed by atoms with Crippen LogP contribution in [0.5, 0.6) is 0 Å². The minimum Gasteiger partial charge on any atom is -0.339 e. The standard InChI is InChI=1S/C11H13N3O3S.C10H11N3O.CH3ClO2S.ClH/c1-8-13-11(14-17-8)10-5-3-9(4-6-10)7-12-18(2,15)16;1-7-12-10(13-14-7)9-4-2-8(6-11)3-5-9;1-5(2,3)4;/h3-6,12H,7H2,1-2H3;2-5H,6,11H2,1H3;1H3;1H. The Bertz CT molecular complexity index is 1480. The van der Waals surface area contributed by atoms with Gasteiger partial charge in [0.2, 0.25) is 42.5 Å². The molecule has 0 saturated carbocycles. The summed E-state index contributed by atoms with van der Waals surface area (Å²) in [5.41, 5.74) is 9.22. The van der Waals surface area contributed by atoms with E-state index in [1.807, 2.05) is 48.5 Å². The highest BCUT2D eigenvalue weighted by molar-refractivity contribution is 8.13. The molecule has 2 aromatic heterocycles. The molecule has 38 heavy (non-hydrogen) atoms. The van der Waals surface area contributed by atoms with Crippen LogP contribution in [-0.2, 0) is 32.2 Å². The van der Waals surface area contributed by atoms with Crippen LogP contribution in [0, 0.1) is 13.8 Å². The van der Waals surface area contributed by atoms with E-state index in [9.17, 15) is 16.8 Å². The maximum absolute atomic E-state index is 11.0. The first-order valence-corrected chi connectivity index (χ1v) is 15.2. The Balaban J connectivity index is 0.000000322. The molecule has 0 radical (unpaired) electrons. The second-order valence-corrected chi connectivity index (χ2v) is 12.5. The lowest BCUT2D eigenvalue weighted by Crippen LogP contribution is -2.21. The summed E-state index contributed by atoms with van der Waals surface area (Å²) in [5.74, 6) is 2.22. The molecule has 0 atom stereocenters. The SMILES string of the molecule is CS(=O)(=O)Cl.Cc1nc(-c2ccc(CN)cc2)no1.Cc1nc(-c2ccc(CNS(C)(=O)=O)cc2)no1.Cl. The largest absolute Gasteiger partial charge is 0.339 e. The third-order valence-electron chi connectivity index (χ3n) is 4.25. The van der Waals surface area contributed by atoms with Gasteiger partial charge < -0.3 is 14.8 Å². The van der Waals surface area contributed by atoms with Crippen LogP contribution in [0.2, 0.25) is 0 Å². The summed E-state index contributed by atoms with van der Waals surface area (Å²) in [5, 5.41) is 7.63. The van der Waals surface area contributed by atoms with Gasteiger partial charge in [-0.2, -0.15) is 9.97 Å². The molecule has 0 saturated heterocycles. The Labute approximate surface area is 231 Å².